The van der Waals surface area contributed by atoms with E-state index in [9.17, 15) is 14.4 Å². The van der Waals surface area contributed by atoms with E-state index in [1.54, 1.807) is 6.92 Å². The summed E-state index contributed by atoms with van der Waals surface area (Å²) in [7, 11) is 1.47. The summed E-state index contributed by atoms with van der Waals surface area (Å²) in [4.78, 5) is 34.8. The van der Waals surface area contributed by atoms with Gasteiger partial charge < -0.3 is 9.64 Å². The predicted octanol–water partition coefficient (Wildman–Crippen LogP) is 0.735. The van der Waals surface area contributed by atoms with Crippen LogP contribution in [0, 0.1) is 0 Å². The first-order chi connectivity index (χ1) is 7.88. The maximum Gasteiger partial charge on any atom is 0.323 e. The largest absolute Gasteiger partial charge is 0.466 e. The quantitative estimate of drug-likeness (QED) is 0.587. The number of hydrogen-bond acceptors (Lipinski definition) is 4. The number of alkyl halides is 1. The molecule has 0 aromatic heterocycles. The van der Waals surface area contributed by atoms with E-state index >= 15 is 0 Å². The first-order valence-corrected chi connectivity index (χ1v) is 5.67. The summed E-state index contributed by atoms with van der Waals surface area (Å²) in [5.41, 5.74) is 0. The number of halogens is 1. The molecular weight excluding hydrogens is 248 g/mol. The van der Waals surface area contributed by atoms with Gasteiger partial charge in [0.1, 0.15) is 5.38 Å². The molecule has 0 rings (SSSR count). The third kappa shape index (κ3) is 6.78. The average molecular weight is 265 g/mol. The average Bonchev–Trinajstić information content (AvgIpc) is 2.25. The van der Waals surface area contributed by atoms with Gasteiger partial charge in [0.05, 0.1) is 13.0 Å². The summed E-state index contributed by atoms with van der Waals surface area (Å²) in [6.07, 6.45) is 0.0857. The minimum atomic E-state index is -0.780. The second-order valence-electron chi connectivity index (χ2n) is 3.39. The van der Waals surface area contributed by atoms with Gasteiger partial charge in [0, 0.05) is 13.6 Å². The second kappa shape index (κ2) is 7.89. The number of imide groups is 1. The standard InChI is InChI=1S/C10H17ClN2O4/c1-4-17-8(14)5-6-13(3)10(16)12-9(15)7(2)11/h7H,4-6H2,1-3H3,(H,12,15,16). The van der Waals surface area contributed by atoms with E-state index in [0.29, 0.717) is 6.61 Å². The fraction of sp³-hybridized carbons (Fsp3) is 0.700. The van der Waals surface area contributed by atoms with E-state index in [1.807, 2.05) is 0 Å². The van der Waals surface area contributed by atoms with Crippen LogP contribution in [0.4, 0.5) is 4.79 Å². The molecule has 0 aromatic carbocycles. The Kier molecular flexibility index (Phi) is 7.29. The topological polar surface area (TPSA) is 75.7 Å². The Balaban J connectivity index is 3.98. The number of ether oxygens (including phenoxy) is 1. The molecule has 98 valence electrons. The van der Waals surface area contributed by atoms with Gasteiger partial charge in [-0.2, -0.15) is 0 Å². The number of urea groups is 1. The molecule has 17 heavy (non-hydrogen) atoms. The predicted molar refractivity (Wildman–Crippen MR) is 62.7 cm³/mol. The van der Waals surface area contributed by atoms with Crippen LogP contribution in [0.3, 0.4) is 0 Å². The lowest BCUT2D eigenvalue weighted by atomic mass is 10.4. The lowest BCUT2D eigenvalue weighted by Crippen LogP contribution is -2.43. The molecule has 1 atom stereocenters. The van der Waals surface area contributed by atoms with Gasteiger partial charge in [-0.3, -0.25) is 14.9 Å². The first kappa shape index (κ1) is 15.7. The van der Waals surface area contributed by atoms with Gasteiger partial charge >= 0.3 is 12.0 Å². The maximum absolute atomic E-state index is 11.4. The van der Waals surface area contributed by atoms with E-state index in [1.165, 1.54) is 18.9 Å². The molecule has 1 unspecified atom stereocenters. The smallest absolute Gasteiger partial charge is 0.323 e. The molecule has 0 spiro atoms. The van der Waals surface area contributed by atoms with Crippen LogP contribution in [0.25, 0.3) is 0 Å². The highest BCUT2D eigenvalue weighted by Crippen LogP contribution is 1.95. The Hall–Kier alpha value is -1.30. The normalized spacial score (nSPS) is 11.5. The third-order valence-electron chi connectivity index (χ3n) is 1.89. The fourth-order valence-corrected chi connectivity index (χ4v) is 0.949. The van der Waals surface area contributed by atoms with Crippen LogP contribution in [0.2, 0.25) is 0 Å². The zero-order valence-corrected chi connectivity index (χ0v) is 10.9. The van der Waals surface area contributed by atoms with Crippen LogP contribution >= 0.6 is 11.6 Å². The van der Waals surface area contributed by atoms with Crippen LogP contribution < -0.4 is 5.32 Å². The molecule has 0 radical (unpaired) electrons. The van der Waals surface area contributed by atoms with Crippen molar-refractivity contribution in [3.63, 3.8) is 0 Å². The molecule has 0 bridgehead atoms. The van der Waals surface area contributed by atoms with Gasteiger partial charge in [0.15, 0.2) is 0 Å². The highest BCUT2D eigenvalue weighted by Gasteiger charge is 2.16. The number of amides is 3. The second-order valence-corrected chi connectivity index (χ2v) is 4.04. The number of esters is 1. The first-order valence-electron chi connectivity index (χ1n) is 5.24. The highest BCUT2D eigenvalue weighted by molar-refractivity contribution is 6.31. The molecule has 0 saturated carbocycles. The zero-order chi connectivity index (χ0) is 13.4. The van der Waals surface area contributed by atoms with Crippen molar-refractivity contribution >= 4 is 29.5 Å². The molecule has 0 aromatic rings. The van der Waals surface area contributed by atoms with Gasteiger partial charge in [-0.15, -0.1) is 11.6 Å². The van der Waals surface area contributed by atoms with Gasteiger partial charge in [0.2, 0.25) is 5.91 Å². The SMILES string of the molecule is CCOC(=O)CCN(C)C(=O)NC(=O)C(C)Cl. The number of carbonyl (C=O) groups excluding carboxylic acids is 3. The van der Waals surface area contributed by atoms with E-state index in [4.69, 9.17) is 16.3 Å². The van der Waals surface area contributed by atoms with Crippen molar-refractivity contribution in [3.8, 4) is 0 Å². The van der Waals surface area contributed by atoms with Gasteiger partial charge in [0.25, 0.3) is 0 Å². The van der Waals surface area contributed by atoms with Crippen molar-refractivity contribution in [2.24, 2.45) is 0 Å². The van der Waals surface area contributed by atoms with Crippen LogP contribution in [0.15, 0.2) is 0 Å². The summed E-state index contributed by atoms with van der Waals surface area (Å²) in [6.45, 7) is 3.64. The number of nitrogens with one attached hydrogen (secondary N) is 1. The lowest BCUT2D eigenvalue weighted by Gasteiger charge is -2.17. The molecule has 3 amide bonds. The minimum Gasteiger partial charge on any atom is -0.466 e. The van der Waals surface area contributed by atoms with Crippen LogP contribution in [0.1, 0.15) is 20.3 Å². The number of rotatable bonds is 5. The van der Waals surface area contributed by atoms with E-state index in [-0.39, 0.29) is 18.9 Å². The number of hydrogen-bond donors (Lipinski definition) is 1. The van der Waals surface area contributed by atoms with Crippen molar-refractivity contribution in [3.05, 3.63) is 0 Å². The summed E-state index contributed by atoms with van der Waals surface area (Å²) in [5, 5.41) is 1.32. The maximum atomic E-state index is 11.4. The monoisotopic (exact) mass is 264 g/mol. The molecule has 6 nitrogen and oxygen atoms in total. The molecule has 7 heteroatoms. The molecule has 0 aliphatic rings. The summed E-state index contributed by atoms with van der Waals surface area (Å²) >= 11 is 5.49. The molecular formula is C10H17ClN2O4. The van der Waals surface area contributed by atoms with Crippen molar-refractivity contribution in [1.29, 1.82) is 0 Å². The summed E-state index contributed by atoms with van der Waals surface area (Å²) < 4.78 is 4.71. The Morgan fingerprint density at radius 1 is 1.41 bits per heavy atom. The fourth-order valence-electron chi connectivity index (χ4n) is 0.894. The van der Waals surface area contributed by atoms with Gasteiger partial charge in [-0.05, 0) is 13.8 Å². The molecule has 0 aliphatic carbocycles. The van der Waals surface area contributed by atoms with Crippen molar-refractivity contribution in [1.82, 2.24) is 10.2 Å². The number of nitrogens with zero attached hydrogens (tertiary/aromatic N) is 1. The molecule has 0 heterocycles. The minimum absolute atomic E-state index is 0.0857. The van der Waals surface area contributed by atoms with Crippen molar-refractivity contribution in [2.75, 3.05) is 20.2 Å². The van der Waals surface area contributed by atoms with Crippen molar-refractivity contribution < 1.29 is 19.1 Å². The van der Waals surface area contributed by atoms with E-state index < -0.39 is 17.3 Å². The zero-order valence-electron chi connectivity index (χ0n) is 10.2. The molecule has 0 aliphatic heterocycles. The summed E-state index contributed by atoms with van der Waals surface area (Å²) in [6, 6.07) is -0.591. The van der Waals surface area contributed by atoms with Crippen LogP contribution in [-0.4, -0.2) is 48.4 Å². The van der Waals surface area contributed by atoms with Gasteiger partial charge in [-0.25, -0.2) is 4.79 Å². The van der Waals surface area contributed by atoms with E-state index in [2.05, 4.69) is 5.32 Å². The Morgan fingerprint density at radius 3 is 2.47 bits per heavy atom. The molecule has 0 fully saturated rings. The van der Waals surface area contributed by atoms with Crippen LogP contribution in [-0.2, 0) is 14.3 Å². The third-order valence-corrected chi connectivity index (χ3v) is 2.09. The Bertz CT molecular complexity index is 294. The highest BCUT2D eigenvalue weighted by atomic mass is 35.5. The summed E-state index contributed by atoms with van der Waals surface area (Å²) in [5.74, 6) is -0.955. The Morgan fingerprint density at radius 2 is 2.00 bits per heavy atom. The molecule has 1 N–H and O–H groups in total. The molecule has 0 saturated heterocycles. The number of carbonyl (C=O) groups is 3. The van der Waals surface area contributed by atoms with Gasteiger partial charge in [-0.1, -0.05) is 0 Å². The van der Waals surface area contributed by atoms with Crippen molar-refractivity contribution in [2.45, 2.75) is 25.6 Å². The van der Waals surface area contributed by atoms with Crippen LogP contribution in [0.5, 0.6) is 0 Å². The van der Waals surface area contributed by atoms with E-state index in [0.717, 1.165) is 0 Å². The Labute approximate surface area is 105 Å². The lowest BCUT2D eigenvalue weighted by molar-refractivity contribution is -0.143.